The van der Waals surface area contributed by atoms with Gasteiger partial charge in [0.25, 0.3) is 0 Å². The van der Waals surface area contributed by atoms with Gasteiger partial charge in [0.2, 0.25) is 0 Å². The second-order valence-electron chi connectivity index (χ2n) is 4.65. The van der Waals surface area contributed by atoms with Crippen molar-refractivity contribution in [2.24, 2.45) is 0 Å². The Morgan fingerprint density at radius 1 is 0.824 bits per heavy atom. The third-order valence-corrected chi connectivity index (χ3v) is 3.24. The van der Waals surface area contributed by atoms with E-state index in [1.165, 1.54) is 65.0 Å². The summed E-state index contributed by atoms with van der Waals surface area (Å²) in [5, 5.41) is 7.57. The molecule has 0 aromatic rings. The van der Waals surface area contributed by atoms with Crippen molar-refractivity contribution in [1.29, 1.82) is 0 Å². The van der Waals surface area contributed by atoms with Crippen LogP contribution in [0.25, 0.3) is 0 Å². The summed E-state index contributed by atoms with van der Waals surface area (Å²) in [7, 11) is 0. The van der Waals surface area contributed by atoms with Crippen LogP contribution in [-0.2, 0) is 0 Å². The normalized spacial score (nSPS) is 17.6. The number of likely N-dealkylation sites (N-methyl/N-ethyl adjacent to an activating group) is 1. The molecule has 0 bridgehead atoms. The van der Waals surface area contributed by atoms with Crippen LogP contribution in [0.4, 0.5) is 0 Å². The third kappa shape index (κ3) is 9.57. The third-order valence-electron chi connectivity index (χ3n) is 3.24. The van der Waals surface area contributed by atoms with Gasteiger partial charge in [-0.1, -0.05) is 33.1 Å². The lowest BCUT2D eigenvalue weighted by Gasteiger charge is -2.33. The van der Waals surface area contributed by atoms with Crippen LogP contribution in [0.1, 0.15) is 46.5 Å². The summed E-state index contributed by atoms with van der Waals surface area (Å²) in [6, 6.07) is 0. The lowest BCUT2D eigenvalue weighted by molar-refractivity contribution is 0.135. The number of unbranched alkanes of at least 4 members (excludes halogenated alkanes) is 3. The van der Waals surface area contributed by atoms with Gasteiger partial charge in [-0.25, -0.2) is 0 Å². The average molecular weight is 244 g/mol. The van der Waals surface area contributed by atoms with Crippen LogP contribution in [0.5, 0.6) is 0 Å². The first kappa shape index (κ1) is 16.9. The Morgan fingerprint density at radius 2 is 1.35 bits per heavy atom. The smallest absolute Gasteiger partial charge is 0.0402 e. The molecule has 1 aliphatic rings. The monoisotopic (exact) mass is 244 g/mol. The fourth-order valence-corrected chi connectivity index (χ4v) is 2.09. The van der Waals surface area contributed by atoms with E-state index in [0.29, 0.717) is 0 Å². The molecule has 1 saturated heterocycles. The SMILES string of the molecule is CCCCCCN1CCN(CC)CC1.CCO. The molecule has 3 nitrogen and oxygen atoms in total. The van der Waals surface area contributed by atoms with E-state index in [-0.39, 0.29) is 6.61 Å². The number of hydrogen-bond acceptors (Lipinski definition) is 3. The van der Waals surface area contributed by atoms with Gasteiger partial charge in [-0.2, -0.15) is 0 Å². The number of aliphatic hydroxyl groups is 1. The summed E-state index contributed by atoms with van der Waals surface area (Å²) in [4.78, 5) is 5.17. The summed E-state index contributed by atoms with van der Waals surface area (Å²) in [5.41, 5.74) is 0. The number of piperazine rings is 1. The van der Waals surface area contributed by atoms with Crippen molar-refractivity contribution in [1.82, 2.24) is 9.80 Å². The van der Waals surface area contributed by atoms with E-state index in [1.807, 2.05) is 0 Å². The predicted molar refractivity (Wildman–Crippen MR) is 75.5 cm³/mol. The highest BCUT2D eigenvalue weighted by molar-refractivity contribution is 4.70. The van der Waals surface area contributed by atoms with Gasteiger partial charge in [0.15, 0.2) is 0 Å². The first-order valence-corrected chi connectivity index (χ1v) is 7.33. The van der Waals surface area contributed by atoms with Crippen LogP contribution in [0.2, 0.25) is 0 Å². The number of rotatable bonds is 6. The van der Waals surface area contributed by atoms with Crippen molar-refractivity contribution in [3.05, 3.63) is 0 Å². The first-order valence-electron chi connectivity index (χ1n) is 7.33. The molecule has 104 valence electrons. The van der Waals surface area contributed by atoms with Crippen molar-refractivity contribution in [2.75, 3.05) is 45.9 Å². The molecule has 1 N–H and O–H groups in total. The Bertz CT molecular complexity index is 145. The fraction of sp³-hybridized carbons (Fsp3) is 1.00. The second-order valence-corrected chi connectivity index (χ2v) is 4.65. The van der Waals surface area contributed by atoms with Crippen LogP contribution in [0.15, 0.2) is 0 Å². The second kappa shape index (κ2) is 12.3. The molecule has 0 aromatic carbocycles. The van der Waals surface area contributed by atoms with Crippen LogP contribution in [0.3, 0.4) is 0 Å². The number of hydrogen-bond donors (Lipinski definition) is 1. The summed E-state index contributed by atoms with van der Waals surface area (Å²) in [6.07, 6.45) is 5.59. The van der Waals surface area contributed by atoms with E-state index in [4.69, 9.17) is 5.11 Å². The van der Waals surface area contributed by atoms with E-state index >= 15 is 0 Å². The van der Waals surface area contributed by atoms with Crippen LogP contribution >= 0.6 is 0 Å². The summed E-state index contributed by atoms with van der Waals surface area (Å²) < 4.78 is 0. The molecule has 0 unspecified atom stereocenters. The van der Waals surface area contributed by atoms with Crippen molar-refractivity contribution >= 4 is 0 Å². The Hall–Kier alpha value is -0.120. The molecule has 3 heteroatoms. The van der Waals surface area contributed by atoms with Gasteiger partial charge in [-0.3, -0.25) is 0 Å². The lowest BCUT2D eigenvalue weighted by Crippen LogP contribution is -2.46. The molecule has 1 rings (SSSR count). The van der Waals surface area contributed by atoms with E-state index in [2.05, 4.69) is 23.6 Å². The molecule has 1 fully saturated rings. The molecule has 1 aliphatic heterocycles. The minimum Gasteiger partial charge on any atom is -0.397 e. The van der Waals surface area contributed by atoms with E-state index < -0.39 is 0 Å². The maximum Gasteiger partial charge on any atom is 0.0402 e. The molecular weight excluding hydrogens is 212 g/mol. The van der Waals surface area contributed by atoms with Crippen molar-refractivity contribution in [2.45, 2.75) is 46.5 Å². The fourth-order valence-electron chi connectivity index (χ4n) is 2.09. The minimum atomic E-state index is 0.250. The Kier molecular flexibility index (Phi) is 12.3. The first-order chi connectivity index (χ1) is 8.28. The van der Waals surface area contributed by atoms with Gasteiger partial charge in [-0.05, 0) is 26.4 Å². The predicted octanol–water partition coefficient (Wildman–Crippen LogP) is 2.20. The molecule has 0 amide bonds. The Balaban J connectivity index is 0.000000770. The van der Waals surface area contributed by atoms with Crippen molar-refractivity contribution in [3.63, 3.8) is 0 Å². The molecule has 0 aliphatic carbocycles. The van der Waals surface area contributed by atoms with E-state index in [9.17, 15) is 0 Å². The Morgan fingerprint density at radius 3 is 1.82 bits per heavy atom. The quantitative estimate of drug-likeness (QED) is 0.726. The largest absolute Gasteiger partial charge is 0.397 e. The number of aliphatic hydroxyl groups excluding tert-OH is 1. The van der Waals surface area contributed by atoms with Gasteiger partial charge >= 0.3 is 0 Å². The minimum absolute atomic E-state index is 0.250. The van der Waals surface area contributed by atoms with Crippen LogP contribution < -0.4 is 0 Å². The molecule has 0 atom stereocenters. The van der Waals surface area contributed by atoms with Gasteiger partial charge in [0.05, 0.1) is 0 Å². The highest BCUT2D eigenvalue weighted by Crippen LogP contribution is 2.05. The molecular formula is C14H32N2O. The molecule has 0 aromatic heterocycles. The highest BCUT2D eigenvalue weighted by Gasteiger charge is 2.14. The molecule has 17 heavy (non-hydrogen) atoms. The maximum absolute atomic E-state index is 7.57. The zero-order chi connectivity index (χ0) is 12.9. The standard InChI is InChI=1S/C12H26N2.C2H6O/c1-3-5-6-7-8-14-11-9-13(4-2)10-12-14;1-2-3/h3-12H2,1-2H3;3H,2H2,1H3. The van der Waals surface area contributed by atoms with Crippen LogP contribution in [0, 0.1) is 0 Å². The van der Waals surface area contributed by atoms with Gasteiger partial charge in [-0.15, -0.1) is 0 Å². The maximum atomic E-state index is 7.57. The highest BCUT2D eigenvalue weighted by atomic mass is 16.2. The van der Waals surface area contributed by atoms with Crippen molar-refractivity contribution < 1.29 is 5.11 Å². The summed E-state index contributed by atoms with van der Waals surface area (Å²) >= 11 is 0. The zero-order valence-corrected chi connectivity index (χ0v) is 12.1. The van der Waals surface area contributed by atoms with E-state index in [1.54, 1.807) is 6.92 Å². The summed E-state index contributed by atoms with van der Waals surface area (Å²) in [6.45, 7) is 14.2. The molecule has 0 saturated carbocycles. The average Bonchev–Trinajstić information content (AvgIpc) is 2.36. The van der Waals surface area contributed by atoms with Gasteiger partial charge < -0.3 is 14.9 Å². The van der Waals surface area contributed by atoms with Gasteiger partial charge in [0, 0.05) is 32.8 Å². The molecule has 0 spiro atoms. The zero-order valence-electron chi connectivity index (χ0n) is 12.1. The van der Waals surface area contributed by atoms with Crippen molar-refractivity contribution in [3.8, 4) is 0 Å². The topological polar surface area (TPSA) is 26.7 Å². The molecule has 0 radical (unpaired) electrons. The lowest BCUT2D eigenvalue weighted by atomic mass is 10.2. The van der Waals surface area contributed by atoms with Crippen LogP contribution in [-0.4, -0.2) is 60.8 Å². The van der Waals surface area contributed by atoms with Gasteiger partial charge in [0.1, 0.15) is 0 Å². The number of nitrogens with zero attached hydrogens (tertiary/aromatic N) is 2. The summed E-state index contributed by atoms with van der Waals surface area (Å²) in [5.74, 6) is 0. The molecule has 1 heterocycles. The Labute approximate surface area is 108 Å². The van der Waals surface area contributed by atoms with E-state index in [0.717, 1.165) is 0 Å².